The summed E-state index contributed by atoms with van der Waals surface area (Å²) in [5.74, 6) is 0.681. The summed E-state index contributed by atoms with van der Waals surface area (Å²) in [4.78, 5) is 0. The minimum absolute atomic E-state index is 0.128. The second-order valence-corrected chi connectivity index (χ2v) is 8.35. The molecule has 0 aliphatic heterocycles. The Morgan fingerprint density at radius 3 is 2.35 bits per heavy atom. The van der Waals surface area contributed by atoms with E-state index in [1.54, 1.807) is 0 Å². The summed E-state index contributed by atoms with van der Waals surface area (Å²) in [5, 5.41) is 3.49. The Kier molecular flexibility index (Phi) is 5.45. The van der Waals surface area contributed by atoms with Gasteiger partial charge in [0.15, 0.2) is 0 Å². The van der Waals surface area contributed by atoms with Gasteiger partial charge in [0, 0.05) is 11.8 Å². The van der Waals surface area contributed by atoms with Crippen LogP contribution in [-0.2, 0) is 9.84 Å². The molecule has 0 atom stereocenters. The van der Waals surface area contributed by atoms with Gasteiger partial charge >= 0.3 is 0 Å². The van der Waals surface area contributed by atoms with E-state index in [0.717, 1.165) is 31.8 Å². The lowest BCUT2D eigenvalue weighted by Crippen LogP contribution is -2.26. The van der Waals surface area contributed by atoms with Crippen molar-refractivity contribution >= 4 is 9.84 Å². The van der Waals surface area contributed by atoms with Crippen LogP contribution in [0.3, 0.4) is 0 Å². The molecule has 0 radical (unpaired) electrons. The summed E-state index contributed by atoms with van der Waals surface area (Å²) in [6.07, 6.45) is 5.19. The van der Waals surface area contributed by atoms with Gasteiger partial charge in [0.05, 0.1) is 5.75 Å². The first-order chi connectivity index (χ1) is 7.85. The van der Waals surface area contributed by atoms with E-state index in [0.29, 0.717) is 11.5 Å². The molecule has 1 saturated carbocycles. The molecule has 0 spiro atoms. The fourth-order valence-electron chi connectivity index (χ4n) is 1.87. The smallest absolute Gasteiger partial charge is 0.150 e. The summed E-state index contributed by atoms with van der Waals surface area (Å²) in [7, 11) is -2.81. The van der Waals surface area contributed by atoms with Crippen LogP contribution in [0.15, 0.2) is 0 Å². The lowest BCUT2D eigenvalue weighted by Gasteiger charge is -2.24. The summed E-state index contributed by atoms with van der Waals surface area (Å²) in [6.45, 7) is 7.28. The zero-order valence-corrected chi connectivity index (χ0v) is 12.3. The standard InChI is InChI=1S/C13H27NO2S/c1-4-10-17(15,16)11-8-13(2,3)7-9-14-12-5-6-12/h12,14H,4-11H2,1-3H3. The minimum atomic E-state index is -2.81. The van der Waals surface area contributed by atoms with Crippen LogP contribution in [0.1, 0.15) is 52.9 Å². The molecule has 1 aliphatic carbocycles. The summed E-state index contributed by atoms with van der Waals surface area (Å²) in [5.41, 5.74) is 0.128. The Labute approximate surface area is 106 Å². The van der Waals surface area contributed by atoms with Crippen molar-refractivity contribution in [3.63, 3.8) is 0 Å². The van der Waals surface area contributed by atoms with Crippen LogP contribution in [0.2, 0.25) is 0 Å². The molecule has 3 nitrogen and oxygen atoms in total. The van der Waals surface area contributed by atoms with E-state index in [2.05, 4.69) is 19.2 Å². The van der Waals surface area contributed by atoms with Crippen LogP contribution in [-0.4, -0.2) is 32.5 Å². The van der Waals surface area contributed by atoms with Crippen LogP contribution in [0.25, 0.3) is 0 Å². The maximum Gasteiger partial charge on any atom is 0.150 e. The zero-order chi connectivity index (χ0) is 12.9. The highest BCUT2D eigenvalue weighted by Crippen LogP contribution is 2.26. The van der Waals surface area contributed by atoms with E-state index in [1.807, 2.05) is 6.92 Å². The summed E-state index contributed by atoms with van der Waals surface area (Å²) >= 11 is 0. The van der Waals surface area contributed by atoms with Crippen LogP contribution in [0.5, 0.6) is 0 Å². The van der Waals surface area contributed by atoms with E-state index in [-0.39, 0.29) is 5.41 Å². The molecule has 1 aliphatic rings. The molecule has 0 aromatic rings. The van der Waals surface area contributed by atoms with Gasteiger partial charge in [-0.1, -0.05) is 20.8 Å². The van der Waals surface area contributed by atoms with Gasteiger partial charge in [-0.2, -0.15) is 0 Å². The summed E-state index contributed by atoms with van der Waals surface area (Å²) in [6, 6.07) is 0.745. The van der Waals surface area contributed by atoms with Crippen molar-refractivity contribution in [3.8, 4) is 0 Å². The normalized spacial score (nSPS) is 17.4. The van der Waals surface area contributed by atoms with Gasteiger partial charge in [0.1, 0.15) is 9.84 Å². The maximum absolute atomic E-state index is 11.7. The van der Waals surface area contributed by atoms with Crippen molar-refractivity contribution in [2.75, 3.05) is 18.1 Å². The largest absolute Gasteiger partial charge is 0.314 e. The summed E-state index contributed by atoms with van der Waals surface area (Å²) < 4.78 is 23.3. The van der Waals surface area contributed by atoms with Crippen molar-refractivity contribution in [1.29, 1.82) is 0 Å². The first-order valence-corrected chi connectivity index (χ1v) is 8.60. The minimum Gasteiger partial charge on any atom is -0.314 e. The molecule has 0 amide bonds. The molecule has 4 heteroatoms. The number of hydrogen-bond acceptors (Lipinski definition) is 3. The first kappa shape index (κ1) is 15.0. The first-order valence-electron chi connectivity index (χ1n) is 6.78. The number of nitrogens with one attached hydrogen (secondary N) is 1. The average molecular weight is 261 g/mol. The highest BCUT2D eigenvalue weighted by atomic mass is 32.2. The van der Waals surface area contributed by atoms with Crippen molar-refractivity contribution in [3.05, 3.63) is 0 Å². The third kappa shape index (κ3) is 7.04. The van der Waals surface area contributed by atoms with Crippen LogP contribution in [0, 0.1) is 5.41 Å². The molecule has 0 heterocycles. The fourth-order valence-corrected chi connectivity index (χ4v) is 3.56. The van der Waals surface area contributed by atoms with Crippen LogP contribution < -0.4 is 5.32 Å². The Bertz CT molecular complexity index is 318. The second kappa shape index (κ2) is 6.19. The predicted octanol–water partition coefficient (Wildman–Crippen LogP) is 2.37. The van der Waals surface area contributed by atoms with Gasteiger partial charge in [-0.05, 0) is 44.1 Å². The molecule has 0 bridgehead atoms. The SMILES string of the molecule is CCCS(=O)(=O)CCC(C)(C)CCNC1CC1. The van der Waals surface area contributed by atoms with E-state index in [4.69, 9.17) is 0 Å². The molecule has 0 aromatic carbocycles. The topological polar surface area (TPSA) is 46.2 Å². The van der Waals surface area contributed by atoms with Crippen LogP contribution in [0.4, 0.5) is 0 Å². The van der Waals surface area contributed by atoms with Gasteiger partial charge in [0.2, 0.25) is 0 Å². The van der Waals surface area contributed by atoms with E-state index >= 15 is 0 Å². The van der Waals surface area contributed by atoms with Gasteiger partial charge in [-0.25, -0.2) is 8.42 Å². The van der Waals surface area contributed by atoms with Gasteiger partial charge in [0.25, 0.3) is 0 Å². The monoisotopic (exact) mass is 261 g/mol. The molecule has 1 rings (SSSR count). The van der Waals surface area contributed by atoms with Crippen molar-refractivity contribution < 1.29 is 8.42 Å². The Morgan fingerprint density at radius 2 is 1.82 bits per heavy atom. The second-order valence-electron chi connectivity index (χ2n) is 6.04. The zero-order valence-electron chi connectivity index (χ0n) is 11.5. The third-order valence-corrected chi connectivity index (χ3v) is 5.27. The highest BCUT2D eigenvalue weighted by molar-refractivity contribution is 7.91. The van der Waals surface area contributed by atoms with Gasteiger partial charge in [-0.3, -0.25) is 0 Å². The molecule has 0 saturated heterocycles. The highest BCUT2D eigenvalue weighted by Gasteiger charge is 2.24. The van der Waals surface area contributed by atoms with E-state index in [1.165, 1.54) is 12.8 Å². The molecule has 1 fully saturated rings. The van der Waals surface area contributed by atoms with Crippen molar-refractivity contribution in [1.82, 2.24) is 5.32 Å². The molecule has 1 N–H and O–H groups in total. The van der Waals surface area contributed by atoms with Gasteiger partial charge in [-0.15, -0.1) is 0 Å². The lowest BCUT2D eigenvalue weighted by atomic mass is 9.86. The maximum atomic E-state index is 11.7. The Hall–Kier alpha value is -0.0900. The molecular formula is C13H27NO2S. The lowest BCUT2D eigenvalue weighted by molar-refractivity contribution is 0.316. The Morgan fingerprint density at radius 1 is 1.18 bits per heavy atom. The Balaban J connectivity index is 2.22. The van der Waals surface area contributed by atoms with E-state index in [9.17, 15) is 8.42 Å². The number of hydrogen-bond donors (Lipinski definition) is 1. The van der Waals surface area contributed by atoms with Crippen molar-refractivity contribution in [2.45, 2.75) is 58.9 Å². The molecule has 0 unspecified atom stereocenters. The molecular weight excluding hydrogens is 234 g/mol. The molecule has 102 valence electrons. The van der Waals surface area contributed by atoms with Crippen LogP contribution >= 0.6 is 0 Å². The molecule has 17 heavy (non-hydrogen) atoms. The van der Waals surface area contributed by atoms with E-state index < -0.39 is 9.84 Å². The average Bonchev–Trinajstić information content (AvgIpc) is 2.99. The third-order valence-electron chi connectivity index (χ3n) is 3.42. The quantitative estimate of drug-likeness (QED) is 0.693. The molecule has 0 aromatic heterocycles. The predicted molar refractivity (Wildman–Crippen MR) is 73.0 cm³/mol. The van der Waals surface area contributed by atoms with Gasteiger partial charge < -0.3 is 5.32 Å². The number of rotatable bonds is 9. The van der Waals surface area contributed by atoms with Crippen molar-refractivity contribution in [2.24, 2.45) is 5.41 Å². The number of sulfone groups is 1. The fraction of sp³-hybridized carbons (Fsp3) is 1.00.